The third-order valence-electron chi connectivity index (χ3n) is 2.17. The molecule has 2 aromatic rings. The van der Waals surface area contributed by atoms with Crippen LogP contribution in [-0.2, 0) is 0 Å². The van der Waals surface area contributed by atoms with Crippen LogP contribution in [0.1, 0.15) is 5.56 Å². The largest absolute Gasteiger partial charge is 0.328 e. The van der Waals surface area contributed by atoms with Crippen molar-refractivity contribution in [1.29, 1.82) is 0 Å². The first-order chi connectivity index (χ1) is 7.18. The molecule has 2 aromatic heterocycles. The number of aromatic nitrogens is 2. The Morgan fingerprint density at radius 3 is 2.93 bits per heavy atom. The van der Waals surface area contributed by atoms with Gasteiger partial charge < -0.3 is 4.98 Å². The number of aryl methyl sites for hydroxylation is 1. The van der Waals surface area contributed by atoms with Crippen molar-refractivity contribution in [3.8, 4) is 11.1 Å². The van der Waals surface area contributed by atoms with Gasteiger partial charge >= 0.3 is 0 Å². The van der Waals surface area contributed by atoms with E-state index in [2.05, 4.69) is 9.97 Å². The molecule has 0 saturated carbocycles. The molecule has 15 heavy (non-hydrogen) atoms. The van der Waals surface area contributed by atoms with Gasteiger partial charge in [0.2, 0.25) is 0 Å². The molecule has 0 aliphatic rings. The Bertz CT molecular complexity index is 548. The predicted octanol–water partition coefficient (Wildman–Crippen LogP) is 1.88. The summed E-state index contributed by atoms with van der Waals surface area (Å²) in [6.45, 7) is 1.68. The zero-order chi connectivity index (χ0) is 10.8. The predicted molar refractivity (Wildman–Crippen MR) is 55.0 cm³/mol. The monoisotopic (exact) mass is 204 g/mol. The highest BCUT2D eigenvalue weighted by Gasteiger charge is 2.05. The standard InChI is InChI=1S/C11H9FN2O/c1-7-4-8(5-14-11(7)15)9-2-3-13-6-10(9)12/h2-6H,1H3,(H,14,15). The first-order valence-corrected chi connectivity index (χ1v) is 4.47. The van der Waals surface area contributed by atoms with Crippen LogP contribution in [-0.4, -0.2) is 9.97 Å². The lowest BCUT2D eigenvalue weighted by molar-refractivity contribution is 0.625. The summed E-state index contributed by atoms with van der Waals surface area (Å²) in [5.41, 5.74) is 1.48. The van der Waals surface area contributed by atoms with Crippen molar-refractivity contribution in [3.05, 3.63) is 52.5 Å². The first kappa shape index (κ1) is 9.58. The number of rotatable bonds is 1. The number of nitrogens with zero attached hydrogens (tertiary/aromatic N) is 1. The van der Waals surface area contributed by atoms with Gasteiger partial charge in [0.15, 0.2) is 0 Å². The van der Waals surface area contributed by atoms with E-state index >= 15 is 0 Å². The summed E-state index contributed by atoms with van der Waals surface area (Å²) in [6.07, 6.45) is 4.16. The van der Waals surface area contributed by atoms with Gasteiger partial charge in [0.25, 0.3) is 5.56 Å². The van der Waals surface area contributed by atoms with Crippen molar-refractivity contribution in [2.45, 2.75) is 6.92 Å². The Hall–Kier alpha value is -1.97. The minimum absolute atomic E-state index is 0.159. The van der Waals surface area contributed by atoms with Crippen LogP contribution in [0.4, 0.5) is 4.39 Å². The zero-order valence-electron chi connectivity index (χ0n) is 8.12. The summed E-state index contributed by atoms with van der Waals surface area (Å²) in [7, 11) is 0. The topological polar surface area (TPSA) is 45.8 Å². The van der Waals surface area contributed by atoms with Crippen LogP contribution in [0.25, 0.3) is 11.1 Å². The van der Waals surface area contributed by atoms with E-state index in [1.165, 1.54) is 12.4 Å². The molecule has 2 heterocycles. The number of halogens is 1. The van der Waals surface area contributed by atoms with Crippen LogP contribution >= 0.6 is 0 Å². The second kappa shape index (κ2) is 3.65. The molecule has 0 bridgehead atoms. The summed E-state index contributed by atoms with van der Waals surface area (Å²) in [6, 6.07) is 3.22. The van der Waals surface area contributed by atoms with Crippen molar-refractivity contribution in [2.24, 2.45) is 0 Å². The zero-order valence-corrected chi connectivity index (χ0v) is 8.12. The van der Waals surface area contributed by atoms with E-state index in [9.17, 15) is 9.18 Å². The van der Waals surface area contributed by atoms with E-state index < -0.39 is 5.82 Å². The van der Waals surface area contributed by atoms with Gasteiger partial charge in [-0.25, -0.2) is 4.39 Å². The number of H-pyrrole nitrogens is 1. The second-order valence-electron chi connectivity index (χ2n) is 3.26. The smallest absolute Gasteiger partial charge is 0.250 e. The highest BCUT2D eigenvalue weighted by atomic mass is 19.1. The molecule has 0 amide bonds. The van der Waals surface area contributed by atoms with E-state index in [0.717, 1.165) is 6.20 Å². The summed E-state index contributed by atoms with van der Waals surface area (Å²) < 4.78 is 13.4. The van der Waals surface area contributed by atoms with Gasteiger partial charge in [-0.05, 0) is 19.1 Å². The molecule has 0 spiro atoms. The van der Waals surface area contributed by atoms with Crippen LogP contribution in [0, 0.1) is 12.7 Å². The maximum Gasteiger partial charge on any atom is 0.250 e. The fraction of sp³-hybridized carbons (Fsp3) is 0.0909. The molecular weight excluding hydrogens is 195 g/mol. The van der Waals surface area contributed by atoms with Crippen molar-refractivity contribution >= 4 is 0 Å². The minimum Gasteiger partial charge on any atom is -0.328 e. The molecule has 0 fully saturated rings. The van der Waals surface area contributed by atoms with Gasteiger partial charge in [-0.3, -0.25) is 9.78 Å². The van der Waals surface area contributed by atoms with Crippen LogP contribution in [0.3, 0.4) is 0 Å². The fourth-order valence-electron chi connectivity index (χ4n) is 1.36. The van der Waals surface area contributed by atoms with Crippen LogP contribution in [0.15, 0.2) is 35.5 Å². The molecule has 2 rings (SSSR count). The van der Waals surface area contributed by atoms with Crippen molar-refractivity contribution in [2.75, 3.05) is 0 Å². The Kier molecular flexibility index (Phi) is 2.33. The lowest BCUT2D eigenvalue weighted by Crippen LogP contribution is -2.08. The van der Waals surface area contributed by atoms with E-state index in [-0.39, 0.29) is 5.56 Å². The fourth-order valence-corrected chi connectivity index (χ4v) is 1.36. The van der Waals surface area contributed by atoms with Gasteiger partial charge in [-0.15, -0.1) is 0 Å². The molecule has 0 aromatic carbocycles. The SMILES string of the molecule is Cc1cc(-c2ccncc2F)c[nH]c1=O. The van der Waals surface area contributed by atoms with Crippen molar-refractivity contribution in [1.82, 2.24) is 9.97 Å². The van der Waals surface area contributed by atoms with E-state index in [1.807, 2.05) is 0 Å². The molecule has 0 saturated heterocycles. The number of hydrogen-bond acceptors (Lipinski definition) is 2. The number of aromatic amines is 1. The molecular formula is C11H9FN2O. The lowest BCUT2D eigenvalue weighted by Gasteiger charge is -2.02. The quantitative estimate of drug-likeness (QED) is 0.770. The third-order valence-corrected chi connectivity index (χ3v) is 2.17. The molecule has 0 aliphatic heterocycles. The number of hydrogen-bond donors (Lipinski definition) is 1. The van der Waals surface area contributed by atoms with Crippen LogP contribution in [0.2, 0.25) is 0 Å². The Balaban J connectivity index is 2.60. The van der Waals surface area contributed by atoms with Crippen molar-refractivity contribution < 1.29 is 4.39 Å². The van der Waals surface area contributed by atoms with Gasteiger partial charge in [-0.1, -0.05) is 0 Å². The Morgan fingerprint density at radius 1 is 1.47 bits per heavy atom. The lowest BCUT2D eigenvalue weighted by atomic mass is 10.1. The molecule has 0 radical (unpaired) electrons. The average molecular weight is 204 g/mol. The summed E-state index contributed by atoms with van der Waals surface area (Å²) in [4.78, 5) is 17.3. The van der Waals surface area contributed by atoms with Crippen LogP contribution in [0.5, 0.6) is 0 Å². The molecule has 76 valence electrons. The summed E-state index contributed by atoms with van der Waals surface area (Å²) in [5.74, 6) is -0.399. The molecule has 3 nitrogen and oxygen atoms in total. The Morgan fingerprint density at radius 2 is 2.27 bits per heavy atom. The van der Waals surface area contributed by atoms with Gasteiger partial charge in [0, 0.05) is 29.1 Å². The number of nitrogens with one attached hydrogen (secondary N) is 1. The average Bonchev–Trinajstić information content (AvgIpc) is 2.23. The van der Waals surface area contributed by atoms with Gasteiger partial charge in [0.05, 0.1) is 6.20 Å². The molecule has 4 heteroatoms. The van der Waals surface area contributed by atoms with Gasteiger partial charge in [-0.2, -0.15) is 0 Å². The third kappa shape index (κ3) is 1.79. The maximum absolute atomic E-state index is 13.4. The van der Waals surface area contributed by atoms with Gasteiger partial charge in [0.1, 0.15) is 5.82 Å². The molecule has 0 atom stereocenters. The molecule has 1 N–H and O–H groups in total. The van der Waals surface area contributed by atoms with E-state index in [1.54, 1.807) is 19.1 Å². The Labute approximate surface area is 85.6 Å². The highest BCUT2D eigenvalue weighted by Crippen LogP contribution is 2.20. The van der Waals surface area contributed by atoms with E-state index in [0.29, 0.717) is 16.7 Å². The number of pyridine rings is 2. The summed E-state index contributed by atoms with van der Waals surface area (Å²) >= 11 is 0. The van der Waals surface area contributed by atoms with Crippen LogP contribution < -0.4 is 5.56 Å². The summed E-state index contributed by atoms with van der Waals surface area (Å²) in [5, 5.41) is 0. The molecule has 0 aliphatic carbocycles. The maximum atomic E-state index is 13.4. The first-order valence-electron chi connectivity index (χ1n) is 4.47. The minimum atomic E-state index is -0.399. The van der Waals surface area contributed by atoms with Crippen molar-refractivity contribution in [3.63, 3.8) is 0 Å². The van der Waals surface area contributed by atoms with E-state index in [4.69, 9.17) is 0 Å². The highest BCUT2D eigenvalue weighted by molar-refractivity contribution is 5.62. The normalized spacial score (nSPS) is 10.3. The second-order valence-corrected chi connectivity index (χ2v) is 3.26. The molecule has 0 unspecified atom stereocenters.